The molecule has 12 nitrogen and oxygen atoms in total. The molecule has 0 fully saturated rings. The van der Waals surface area contributed by atoms with Crippen molar-refractivity contribution in [3.8, 4) is 55.5 Å². The Morgan fingerprint density at radius 1 is 0.630 bits per heavy atom. The van der Waals surface area contributed by atoms with Gasteiger partial charge in [-0.2, -0.15) is 21.0 Å². The second-order valence-corrected chi connectivity index (χ2v) is 17.4. The van der Waals surface area contributed by atoms with Crippen LogP contribution in [0.4, 0.5) is 10.0 Å². The molecule has 6 heterocycles. The summed E-state index contributed by atoms with van der Waals surface area (Å²) >= 11 is 5.70. The van der Waals surface area contributed by atoms with Crippen molar-refractivity contribution < 1.29 is 18.9 Å². The van der Waals surface area contributed by atoms with Crippen LogP contribution < -0.4 is 9.47 Å². The highest BCUT2D eigenvalue weighted by Gasteiger charge is 2.44. The molecule has 2 unspecified atom stereocenters. The van der Waals surface area contributed by atoms with Crippen LogP contribution in [0.3, 0.4) is 0 Å². The second kappa shape index (κ2) is 12.9. The highest BCUT2D eigenvalue weighted by atomic mass is 32.1. The van der Waals surface area contributed by atoms with Crippen molar-refractivity contribution in [3.63, 3.8) is 0 Å². The first-order chi connectivity index (χ1) is 25.9. The predicted molar refractivity (Wildman–Crippen MR) is 208 cm³/mol. The summed E-state index contributed by atoms with van der Waals surface area (Å²) in [5, 5.41) is 39.3. The van der Waals surface area contributed by atoms with Gasteiger partial charge in [-0.05, 0) is 39.8 Å². The van der Waals surface area contributed by atoms with Crippen LogP contribution >= 0.6 is 45.3 Å². The molecule has 0 aromatic carbocycles. The predicted octanol–water partition coefficient (Wildman–Crippen LogP) is 9.34. The van der Waals surface area contributed by atoms with Gasteiger partial charge in [-0.25, -0.2) is 20.0 Å². The van der Waals surface area contributed by atoms with Gasteiger partial charge in [-0.15, -0.1) is 45.3 Å². The van der Waals surface area contributed by atoms with Gasteiger partial charge in [-0.1, -0.05) is 12.2 Å². The Bertz CT molecular complexity index is 2450. The van der Waals surface area contributed by atoms with Crippen LogP contribution in [0.15, 0.2) is 57.9 Å². The van der Waals surface area contributed by atoms with E-state index in [4.69, 9.17) is 28.9 Å². The summed E-state index contributed by atoms with van der Waals surface area (Å²) in [4.78, 5) is 22.0. The van der Waals surface area contributed by atoms with Gasteiger partial charge in [0.05, 0.1) is 24.0 Å². The largest absolute Gasteiger partial charge is 0.495 e. The van der Waals surface area contributed by atoms with Crippen molar-refractivity contribution in [1.82, 2.24) is 9.97 Å². The van der Waals surface area contributed by atoms with Crippen LogP contribution in [-0.4, -0.2) is 35.6 Å². The maximum atomic E-state index is 9.22. The first kappa shape index (κ1) is 35.2. The van der Waals surface area contributed by atoms with Gasteiger partial charge in [0.25, 0.3) is 0 Å². The van der Waals surface area contributed by atoms with Crippen molar-refractivity contribution >= 4 is 77.9 Å². The van der Waals surface area contributed by atoms with Gasteiger partial charge in [0, 0.05) is 35.1 Å². The first-order valence-corrected chi connectivity index (χ1v) is 19.6. The van der Waals surface area contributed by atoms with Crippen molar-refractivity contribution in [2.24, 2.45) is 21.8 Å². The van der Waals surface area contributed by atoms with Gasteiger partial charge < -0.3 is 18.9 Å². The number of fused-ring (bicyclic) bond motifs is 7. The fraction of sp³-hybridized carbons (Fsp3) is 0.263. The Morgan fingerprint density at radius 2 is 1.02 bits per heavy atom. The molecule has 0 saturated heterocycles. The Hall–Kier alpha value is -5.88. The zero-order chi connectivity index (χ0) is 38.1. The minimum Gasteiger partial charge on any atom is -0.495 e. The summed E-state index contributed by atoms with van der Waals surface area (Å²) in [6, 6.07) is 10.6. The number of thiophene rings is 2. The molecule has 54 heavy (non-hydrogen) atoms. The molecular formula is C38H26N8O4S4. The SMILES string of the molecule is COc1cc(N=C(C#N)C#N)sc1-c1nc2c(s1)C1=CC3C=C4OC(C)(C)c5nc(-c6sc(N=C(C#N)C#N)cc6OC)sc5C4=CC3C=C1OC2(C)C. The van der Waals surface area contributed by atoms with Crippen LogP contribution in [0.25, 0.3) is 30.9 Å². The molecule has 16 heteroatoms. The molecule has 0 saturated carbocycles. The molecule has 2 atom stereocenters. The zero-order valence-electron chi connectivity index (χ0n) is 29.5. The molecule has 4 aromatic rings. The summed E-state index contributed by atoms with van der Waals surface area (Å²) in [6.45, 7) is 8.01. The van der Waals surface area contributed by atoms with E-state index in [1.54, 1.807) is 73.3 Å². The van der Waals surface area contributed by atoms with Crippen LogP contribution in [0, 0.1) is 57.2 Å². The van der Waals surface area contributed by atoms with Gasteiger partial charge >= 0.3 is 0 Å². The molecule has 0 N–H and O–H groups in total. The highest BCUT2D eigenvalue weighted by Crippen LogP contribution is 2.56. The average molecular weight is 787 g/mol. The molecule has 4 aliphatic rings. The van der Waals surface area contributed by atoms with Gasteiger partial charge in [-0.3, -0.25) is 0 Å². The molecular weight excluding hydrogens is 761 g/mol. The molecule has 4 aromatic heterocycles. The Balaban J connectivity index is 1.17. The van der Waals surface area contributed by atoms with Crippen LogP contribution in [0.2, 0.25) is 0 Å². The number of hydrogen-bond donors (Lipinski definition) is 0. The lowest BCUT2D eigenvalue weighted by atomic mass is 9.77. The maximum absolute atomic E-state index is 9.22. The molecule has 266 valence electrons. The van der Waals surface area contributed by atoms with Crippen LogP contribution in [-0.2, 0) is 20.7 Å². The smallest absolute Gasteiger partial charge is 0.219 e. The van der Waals surface area contributed by atoms with Crippen molar-refractivity contribution in [2.45, 2.75) is 38.9 Å². The number of nitrogens with zero attached hydrogens (tertiary/aromatic N) is 8. The average Bonchev–Trinajstić information content (AvgIpc) is 3.96. The van der Waals surface area contributed by atoms with E-state index in [0.717, 1.165) is 63.6 Å². The topological polar surface area (TPSA) is 183 Å². The summed E-state index contributed by atoms with van der Waals surface area (Å²) in [5.41, 5.74) is 1.61. The maximum Gasteiger partial charge on any atom is 0.219 e. The normalized spacial score (nSPS) is 19.1. The van der Waals surface area contributed by atoms with Crippen LogP contribution in [0.1, 0.15) is 48.8 Å². The third-order valence-corrected chi connectivity index (χ3v) is 13.6. The minimum atomic E-state index is -0.731. The Morgan fingerprint density at radius 3 is 1.37 bits per heavy atom. The molecule has 0 spiro atoms. The van der Waals surface area contributed by atoms with Crippen molar-refractivity contribution in [3.05, 3.63) is 69.1 Å². The zero-order valence-corrected chi connectivity index (χ0v) is 32.7. The molecule has 2 aliphatic heterocycles. The molecule has 0 bridgehead atoms. The quantitative estimate of drug-likeness (QED) is 0.171. The number of hydrogen-bond acceptors (Lipinski definition) is 16. The molecule has 0 amide bonds. The lowest BCUT2D eigenvalue weighted by Crippen LogP contribution is -2.32. The van der Waals surface area contributed by atoms with E-state index in [1.807, 2.05) is 27.7 Å². The summed E-state index contributed by atoms with van der Waals surface area (Å²) < 4.78 is 24.7. The number of thiazole rings is 2. The number of aliphatic imine (C=N–C) groups is 2. The van der Waals surface area contributed by atoms with E-state index in [1.165, 1.54) is 22.7 Å². The fourth-order valence-electron chi connectivity index (χ4n) is 6.64. The molecule has 8 rings (SSSR count). The lowest BCUT2D eigenvalue weighted by molar-refractivity contribution is 0.0280. The fourth-order valence-corrected chi connectivity index (χ4v) is 11.3. The van der Waals surface area contributed by atoms with Gasteiger partial charge in [0.15, 0.2) is 0 Å². The summed E-state index contributed by atoms with van der Waals surface area (Å²) in [6.07, 6.45) is 8.79. The minimum absolute atomic E-state index is 0.0182. The van der Waals surface area contributed by atoms with Crippen molar-refractivity contribution in [2.75, 3.05) is 14.2 Å². The number of rotatable bonds is 6. The monoisotopic (exact) mass is 786 g/mol. The third kappa shape index (κ3) is 5.72. The second-order valence-electron chi connectivity index (χ2n) is 13.3. The summed E-state index contributed by atoms with van der Waals surface area (Å²) in [5.74, 6) is 2.64. The van der Waals surface area contributed by atoms with E-state index in [9.17, 15) is 21.0 Å². The number of methoxy groups -OCH3 is 2. The highest BCUT2D eigenvalue weighted by molar-refractivity contribution is 7.25. The number of aromatic nitrogens is 2. The summed E-state index contributed by atoms with van der Waals surface area (Å²) in [7, 11) is 3.13. The molecule has 0 radical (unpaired) electrons. The van der Waals surface area contributed by atoms with Crippen molar-refractivity contribution in [1.29, 1.82) is 21.0 Å². The molecule has 2 aliphatic carbocycles. The van der Waals surface area contributed by atoms with E-state index >= 15 is 0 Å². The van der Waals surface area contributed by atoms with E-state index < -0.39 is 11.2 Å². The van der Waals surface area contributed by atoms with E-state index in [2.05, 4.69) is 34.3 Å². The van der Waals surface area contributed by atoms with Crippen LogP contribution in [0.5, 0.6) is 11.5 Å². The van der Waals surface area contributed by atoms with Gasteiger partial charge in [0.1, 0.15) is 99.7 Å². The first-order valence-electron chi connectivity index (χ1n) is 16.3. The lowest BCUT2D eigenvalue weighted by Gasteiger charge is -2.40. The van der Waals surface area contributed by atoms with E-state index in [-0.39, 0.29) is 23.3 Å². The Labute approximate surface area is 325 Å². The number of nitriles is 4. The number of ether oxygens (including phenoxy) is 4. The standard InChI is InChI=1S/C38H26N8O4S4/c1-37(2)33-29(53-35(45-33)31-25(47-5)11-27(51-31)43-19(13-39)14-40)21-7-18-10-24-22(8-17(18)9-23(21)49-37)30-34(38(3,4)50-24)46-36(54-30)32-26(48-6)12-28(52-32)44-20(15-41)16-42/h7-12,17-18H,1-6H3. The number of allylic oxidation sites excluding steroid dienone is 6. The Kier molecular flexibility index (Phi) is 8.41. The van der Waals surface area contributed by atoms with E-state index in [0.29, 0.717) is 21.5 Å². The third-order valence-electron chi connectivity index (χ3n) is 9.06. The van der Waals surface area contributed by atoms with Gasteiger partial charge in [0.2, 0.25) is 11.4 Å².